The molecule has 2 aromatic heterocycles. The molecule has 0 aliphatic carbocycles. The fraction of sp³-hybridized carbons (Fsp3) is 0. The Morgan fingerprint density at radius 1 is 0.708 bits per heavy atom. The second kappa shape index (κ2) is 6.91. The number of hydrogen-bond acceptors (Lipinski definition) is 4. The Bertz CT molecular complexity index is 969. The number of nitrogens with two attached hydrogens (primary N) is 2. The van der Waals surface area contributed by atoms with Crippen molar-refractivity contribution in [3.05, 3.63) is 71.0 Å². The molecule has 0 spiro atoms. The minimum atomic E-state index is 0.496. The Labute approximate surface area is 149 Å². The van der Waals surface area contributed by atoms with Crippen molar-refractivity contribution in [2.45, 2.75) is 0 Å². The highest BCUT2D eigenvalue weighted by molar-refractivity contribution is 6.35. The smallest absolute Gasteiger partial charge is 0.123 e. The standard InChI is InChI=1S/2C9H7ClN2/c10-8-2-1-6-4-9(11)12-5-7(6)3-8;10-8-3-1-2-6-5-12-9(11)4-7(6)8/h2*1-5H,(H2,11,12). The zero-order valence-corrected chi connectivity index (χ0v) is 14.1. The van der Waals surface area contributed by atoms with Crippen LogP contribution in [0.5, 0.6) is 0 Å². The largest absolute Gasteiger partial charge is 0.384 e. The highest BCUT2D eigenvalue weighted by Gasteiger charge is 1.98. The number of rotatable bonds is 0. The van der Waals surface area contributed by atoms with E-state index < -0.39 is 0 Å². The van der Waals surface area contributed by atoms with Gasteiger partial charge in [-0.1, -0.05) is 41.4 Å². The number of halogens is 2. The first-order valence-electron chi connectivity index (χ1n) is 7.13. The quantitative estimate of drug-likeness (QED) is 0.467. The maximum atomic E-state index is 5.95. The number of aromatic nitrogens is 2. The van der Waals surface area contributed by atoms with Crippen molar-refractivity contribution in [2.24, 2.45) is 0 Å². The van der Waals surface area contributed by atoms with E-state index in [2.05, 4.69) is 9.97 Å². The molecule has 0 fully saturated rings. The minimum absolute atomic E-state index is 0.496. The molecule has 0 unspecified atom stereocenters. The molecule has 0 atom stereocenters. The van der Waals surface area contributed by atoms with Crippen molar-refractivity contribution >= 4 is 56.4 Å². The first-order valence-corrected chi connectivity index (χ1v) is 7.89. The van der Waals surface area contributed by atoms with Gasteiger partial charge in [0, 0.05) is 38.6 Å². The average Bonchev–Trinajstić information content (AvgIpc) is 2.57. The summed E-state index contributed by atoms with van der Waals surface area (Å²) in [6.45, 7) is 0. The second-order valence-corrected chi connectivity index (χ2v) is 6.01. The Morgan fingerprint density at radius 2 is 1.42 bits per heavy atom. The molecule has 0 saturated carbocycles. The van der Waals surface area contributed by atoms with E-state index in [-0.39, 0.29) is 0 Å². The van der Waals surface area contributed by atoms with Crippen molar-refractivity contribution in [1.29, 1.82) is 0 Å². The van der Waals surface area contributed by atoms with Crippen LogP contribution in [0.3, 0.4) is 0 Å². The summed E-state index contributed by atoms with van der Waals surface area (Å²) in [7, 11) is 0. The summed E-state index contributed by atoms with van der Waals surface area (Å²) in [5.74, 6) is 1.03. The molecule has 0 aliphatic heterocycles. The molecule has 2 aromatic carbocycles. The lowest BCUT2D eigenvalue weighted by molar-refractivity contribution is 1.37. The van der Waals surface area contributed by atoms with Crippen LogP contribution in [0.15, 0.2) is 60.9 Å². The Balaban J connectivity index is 0.000000141. The lowest BCUT2D eigenvalue weighted by Crippen LogP contribution is -1.88. The van der Waals surface area contributed by atoms with Gasteiger partial charge in [-0.25, -0.2) is 9.97 Å². The maximum absolute atomic E-state index is 5.95. The molecular formula is C18H14Cl2N4. The summed E-state index contributed by atoms with van der Waals surface area (Å²) in [5.41, 5.74) is 11.0. The molecule has 4 N–H and O–H groups in total. The lowest BCUT2D eigenvalue weighted by atomic mass is 10.2. The van der Waals surface area contributed by atoms with Crippen molar-refractivity contribution < 1.29 is 0 Å². The first-order chi connectivity index (χ1) is 11.5. The van der Waals surface area contributed by atoms with Crippen LogP contribution in [-0.2, 0) is 0 Å². The fourth-order valence-electron chi connectivity index (χ4n) is 2.28. The van der Waals surface area contributed by atoms with Crippen LogP contribution in [-0.4, -0.2) is 9.97 Å². The predicted octanol–water partition coefficient (Wildman–Crippen LogP) is 4.94. The molecule has 0 aliphatic rings. The summed E-state index contributed by atoms with van der Waals surface area (Å²) in [4.78, 5) is 7.94. The summed E-state index contributed by atoms with van der Waals surface area (Å²) >= 11 is 11.7. The molecular weight excluding hydrogens is 343 g/mol. The van der Waals surface area contributed by atoms with Gasteiger partial charge in [0.1, 0.15) is 11.6 Å². The van der Waals surface area contributed by atoms with Crippen molar-refractivity contribution in [3.63, 3.8) is 0 Å². The van der Waals surface area contributed by atoms with Crippen LogP contribution in [0.4, 0.5) is 11.6 Å². The van der Waals surface area contributed by atoms with Gasteiger partial charge in [0.2, 0.25) is 0 Å². The number of nitrogen functional groups attached to an aromatic ring is 2. The number of anilines is 2. The molecule has 4 rings (SSSR count). The highest BCUT2D eigenvalue weighted by Crippen LogP contribution is 2.23. The molecule has 24 heavy (non-hydrogen) atoms. The predicted molar refractivity (Wildman–Crippen MR) is 102 cm³/mol. The van der Waals surface area contributed by atoms with Crippen LogP contribution in [0.25, 0.3) is 21.5 Å². The molecule has 0 bridgehead atoms. The van der Waals surface area contributed by atoms with Gasteiger partial charge in [-0.05, 0) is 35.7 Å². The third-order valence-corrected chi connectivity index (χ3v) is 4.00. The van der Waals surface area contributed by atoms with Gasteiger partial charge in [-0.3, -0.25) is 0 Å². The van der Waals surface area contributed by atoms with Gasteiger partial charge in [0.25, 0.3) is 0 Å². The van der Waals surface area contributed by atoms with E-state index in [1.165, 1.54) is 0 Å². The Kier molecular flexibility index (Phi) is 4.69. The Morgan fingerprint density at radius 3 is 2.21 bits per heavy atom. The Hall–Kier alpha value is -2.56. The summed E-state index contributed by atoms with van der Waals surface area (Å²) < 4.78 is 0. The van der Waals surface area contributed by atoms with E-state index in [1.807, 2.05) is 42.5 Å². The van der Waals surface area contributed by atoms with Crippen LogP contribution < -0.4 is 11.5 Å². The molecule has 6 heteroatoms. The van der Waals surface area contributed by atoms with Crippen molar-refractivity contribution in [3.8, 4) is 0 Å². The molecule has 0 saturated heterocycles. The zero-order valence-electron chi connectivity index (χ0n) is 12.6. The second-order valence-electron chi connectivity index (χ2n) is 5.17. The van der Waals surface area contributed by atoms with Crippen molar-refractivity contribution in [2.75, 3.05) is 11.5 Å². The van der Waals surface area contributed by atoms with Crippen LogP contribution in [0.2, 0.25) is 10.0 Å². The third kappa shape index (κ3) is 3.67. The summed E-state index contributed by atoms with van der Waals surface area (Å²) in [6, 6.07) is 14.9. The van der Waals surface area contributed by atoms with Gasteiger partial charge in [0.15, 0.2) is 0 Å². The highest BCUT2D eigenvalue weighted by atomic mass is 35.5. The van der Waals surface area contributed by atoms with E-state index in [1.54, 1.807) is 18.5 Å². The third-order valence-electron chi connectivity index (χ3n) is 3.44. The van der Waals surface area contributed by atoms with Gasteiger partial charge < -0.3 is 11.5 Å². The zero-order chi connectivity index (χ0) is 17.1. The van der Waals surface area contributed by atoms with Gasteiger partial charge in [-0.15, -0.1) is 0 Å². The number of pyridine rings is 2. The molecule has 4 nitrogen and oxygen atoms in total. The normalized spacial score (nSPS) is 10.4. The first kappa shape index (κ1) is 16.3. The van der Waals surface area contributed by atoms with Crippen LogP contribution >= 0.6 is 23.2 Å². The fourth-order valence-corrected chi connectivity index (χ4v) is 2.69. The van der Waals surface area contributed by atoms with E-state index in [0.29, 0.717) is 21.7 Å². The number of fused-ring (bicyclic) bond motifs is 2. The molecule has 120 valence electrons. The molecule has 4 aromatic rings. The average molecular weight is 357 g/mol. The summed E-state index contributed by atoms with van der Waals surface area (Å²) in [6.07, 6.45) is 3.44. The molecule has 2 heterocycles. The monoisotopic (exact) mass is 356 g/mol. The molecule has 0 amide bonds. The van der Waals surface area contributed by atoms with Gasteiger partial charge in [0.05, 0.1) is 0 Å². The SMILES string of the molecule is Nc1cc2c(Cl)cccc2cn1.Nc1cc2ccc(Cl)cc2cn1. The topological polar surface area (TPSA) is 77.8 Å². The van der Waals surface area contributed by atoms with Gasteiger partial charge >= 0.3 is 0 Å². The maximum Gasteiger partial charge on any atom is 0.123 e. The van der Waals surface area contributed by atoms with E-state index in [9.17, 15) is 0 Å². The molecule has 0 radical (unpaired) electrons. The summed E-state index contributed by atoms with van der Waals surface area (Å²) in [5, 5.41) is 5.46. The number of nitrogens with zero attached hydrogens (tertiary/aromatic N) is 2. The number of benzene rings is 2. The van der Waals surface area contributed by atoms with Gasteiger partial charge in [-0.2, -0.15) is 0 Å². The van der Waals surface area contributed by atoms with Crippen LogP contribution in [0.1, 0.15) is 0 Å². The lowest BCUT2D eigenvalue weighted by Gasteiger charge is -1.99. The van der Waals surface area contributed by atoms with Crippen molar-refractivity contribution in [1.82, 2.24) is 9.97 Å². The van der Waals surface area contributed by atoms with E-state index >= 15 is 0 Å². The van der Waals surface area contributed by atoms with Crippen LogP contribution in [0, 0.1) is 0 Å². The van der Waals surface area contributed by atoms with E-state index in [0.717, 1.165) is 21.5 Å². The minimum Gasteiger partial charge on any atom is -0.384 e. The van der Waals surface area contributed by atoms with E-state index in [4.69, 9.17) is 34.7 Å². The number of hydrogen-bond donors (Lipinski definition) is 2.